The van der Waals surface area contributed by atoms with E-state index in [1.165, 1.54) is 0 Å². The highest BCUT2D eigenvalue weighted by atomic mass is 19.4. The van der Waals surface area contributed by atoms with Crippen LogP contribution in [0, 0.1) is 0 Å². The maximum atomic E-state index is 13.1. The van der Waals surface area contributed by atoms with Crippen molar-refractivity contribution < 1.29 is 22.4 Å². The van der Waals surface area contributed by atoms with Crippen LogP contribution >= 0.6 is 0 Å². The van der Waals surface area contributed by atoms with E-state index >= 15 is 0 Å². The van der Waals surface area contributed by atoms with E-state index < -0.39 is 11.8 Å². The summed E-state index contributed by atoms with van der Waals surface area (Å²) in [5.41, 5.74) is -2.36. The van der Waals surface area contributed by atoms with Crippen molar-refractivity contribution in [2.24, 2.45) is 0 Å². The lowest BCUT2D eigenvalue weighted by atomic mass is 9.90. The molecule has 0 aromatic carbocycles. The van der Waals surface area contributed by atoms with Crippen molar-refractivity contribution in [3.05, 3.63) is 5.89 Å². The van der Waals surface area contributed by atoms with Gasteiger partial charge in [-0.25, -0.2) is 0 Å². The van der Waals surface area contributed by atoms with E-state index in [1.807, 2.05) is 20.8 Å². The number of aromatic nitrogens is 2. The third-order valence-corrected chi connectivity index (χ3v) is 3.82. The lowest BCUT2D eigenvalue weighted by Gasteiger charge is -2.41. The van der Waals surface area contributed by atoms with Gasteiger partial charge in [0.05, 0.1) is 0 Å². The van der Waals surface area contributed by atoms with Crippen LogP contribution in [-0.2, 0) is 10.2 Å². The molecule has 0 N–H and O–H groups in total. The first-order valence-corrected chi connectivity index (χ1v) is 6.80. The van der Waals surface area contributed by atoms with Gasteiger partial charge in [-0.15, -0.1) is 0 Å². The lowest BCUT2D eigenvalue weighted by Crippen LogP contribution is -2.54. The number of hydrogen-bond acceptors (Lipinski definition) is 5. The highest BCUT2D eigenvalue weighted by Gasteiger charge is 2.56. The molecule has 0 atom stereocenters. The van der Waals surface area contributed by atoms with Crippen molar-refractivity contribution >= 4 is 5.95 Å². The summed E-state index contributed by atoms with van der Waals surface area (Å²) < 4.78 is 49.2. The molecule has 0 saturated carbocycles. The summed E-state index contributed by atoms with van der Waals surface area (Å²) in [6, 6.07) is 0. The zero-order valence-corrected chi connectivity index (χ0v) is 12.6. The second kappa shape index (κ2) is 5.15. The second-order valence-electron chi connectivity index (χ2n) is 6.33. The lowest BCUT2D eigenvalue weighted by molar-refractivity contribution is -0.276. The van der Waals surface area contributed by atoms with Crippen LogP contribution in [0.2, 0.25) is 0 Å². The molecule has 21 heavy (non-hydrogen) atoms. The molecule has 2 rings (SSSR count). The van der Waals surface area contributed by atoms with Gasteiger partial charge in [0.1, 0.15) is 0 Å². The zero-order valence-electron chi connectivity index (χ0n) is 12.6. The van der Waals surface area contributed by atoms with Gasteiger partial charge in [0.25, 0.3) is 5.95 Å². The molecule has 0 bridgehead atoms. The predicted octanol–water partition coefficient (Wildman–Crippen LogP) is 2.91. The molecule has 1 aromatic heterocycles. The molecule has 0 spiro atoms. The smallest absolute Gasteiger partial charge is 0.369 e. The Morgan fingerprint density at radius 1 is 1.19 bits per heavy atom. The van der Waals surface area contributed by atoms with E-state index in [9.17, 15) is 13.2 Å². The second-order valence-corrected chi connectivity index (χ2v) is 6.33. The molecule has 1 fully saturated rings. The average molecular weight is 307 g/mol. The molecular formula is C13H20F3N3O2. The summed E-state index contributed by atoms with van der Waals surface area (Å²) in [6.45, 7) is 6.15. The van der Waals surface area contributed by atoms with Gasteiger partial charge in [-0.1, -0.05) is 20.8 Å². The van der Waals surface area contributed by atoms with Crippen molar-refractivity contribution in [3.8, 4) is 0 Å². The minimum Gasteiger partial charge on any atom is -0.369 e. The summed E-state index contributed by atoms with van der Waals surface area (Å²) in [5, 5.41) is 3.86. The number of anilines is 1. The third kappa shape index (κ3) is 3.00. The molecule has 5 nitrogen and oxygen atoms in total. The fraction of sp³-hybridized carbons (Fsp3) is 0.846. The van der Waals surface area contributed by atoms with Crippen LogP contribution in [0.3, 0.4) is 0 Å². The molecule has 1 aliphatic rings. The van der Waals surface area contributed by atoms with Gasteiger partial charge in [-0.2, -0.15) is 18.2 Å². The minimum absolute atomic E-state index is 0.146. The van der Waals surface area contributed by atoms with Crippen molar-refractivity contribution in [2.45, 2.75) is 50.8 Å². The molecule has 1 aliphatic heterocycles. The van der Waals surface area contributed by atoms with Gasteiger partial charge in [0, 0.05) is 38.5 Å². The van der Waals surface area contributed by atoms with Gasteiger partial charge in [-0.05, 0) is 5.16 Å². The van der Waals surface area contributed by atoms with Crippen LogP contribution < -0.4 is 4.90 Å². The van der Waals surface area contributed by atoms with Crippen LogP contribution in [0.25, 0.3) is 0 Å². The van der Waals surface area contributed by atoms with Crippen molar-refractivity contribution in [1.29, 1.82) is 0 Å². The van der Waals surface area contributed by atoms with Gasteiger partial charge in [0.2, 0.25) is 5.89 Å². The maximum absolute atomic E-state index is 13.1. The van der Waals surface area contributed by atoms with E-state index in [4.69, 9.17) is 9.26 Å². The molecule has 1 aromatic rings. The number of halogens is 3. The van der Waals surface area contributed by atoms with E-state index in [2.05, 4.69) is 10.1 Å². The fourth-order valence-corrected chi connectivity index (χ4v) is 2.32. The third-order valence-electron chi connectivity index (χ3n) is 3.82. The summed E-state index contributed by atoms with van der Waals surface area (Å²) in [6.07, 6.45) is -4.67. The first-order valence-electron chi connectivity index (χ1n) is 6.80. The number of alkyl halides is 3. The Labute approximate surface area is 121 Å². The maximum Gasteiger partial charge on any atom is 0.417 e. The van der Waals surface area contributed by atoms with Gasteiger partial charge in [-0.3, -0.25) is 0 Å². The molecular weight excluding hydrogens is 287 g/mol. The van der Waals surface area contributed by atoms with Crippen LogP contribution in [-0.4, -0.2) is 42.1 Å². The van der Waals surface area contributed by atoms with Crippen molar-refractivity contribution in [2.75, 3.05) is 25.1 Å². The molecule has 120 valence electrons. The van der Waals surface area contributed by atoms with Crippen LogP contribution in [0.15, 0.2) is 4.52 Å². The van der Waals surface area contributed by atoms with Crippen molar-refractivity contribution in [1.82, 2.24) is 10.1 Å². The quantitative estimate of drug-likeness (QED) is 0.841. The first kappa shape index (κ1) is 16.1. The number of nitrogens with zero attached hydrogens (tertiary/aromatic N) is 3. The normalized spacial score (nSPS) is 19.9. The monoisotopic (exact) mass is 307 g/mol. The Morgan fingerprint density at radius 2 is 1.76 bits per heavy atom. The van der Waals surface area contributed by atoms with Gasteiger partial charge < -0.3 is 14.2 Å². The van der Waals surface area contributed by atoms with Crippen LogP contribution in [0.1, 0.15) is 39.5 Å². The first-order chi connectivity index (χ1) is 9.59. The average Bonchev–Trinajstić information content (AvgIpc) is 2.87. The number of ether oxygens (including phenoxy) is 1. The molecule has 8 heteroatoms. The molecule has 1 saturated heterocycles. The van der Waals surface area contributed by atoms with Gasteiger partial charge in [0.15, 0.2) is 5.60 Å². The van der Waals surface area contributed by atoms with Gasteiger partial charge >= 0.3 is 6.18 Å². The predicted molar refractivity (Wildman–Crippen MR) is 70.2 cm³/mol. The zero-order chi connectivity index (χ0) is 15.9. The molecule has 0 amide bonds. The summed E-state index contributed by atoms with van der Waals surface area (Å²) in [4.78, 5) is 5.96. The molecule has 0 unspecified atom stereocenters. The van der Waals surface area contributed by atoms with E-state index in [0.717, 1.165) is 7.11 Å². The van der Waals surface area contributed by atoms with Crippen molar-refractivity contribution in [3.63, 3.8) is 0 Å². The molecule has 0 aliphatic carbocycles. The topological polar surface area (TPSA) is 51.4 Å². The van der Waals surface area contributed by atoms with E-state index in [0.29, 0.717) is 11.8 Å². The highest BCUT2D eigenvalue weighted by Crippen LogP contribution is 2.41. The fourth-order valence-electron chi connectivity index (χ4n) is 2.32. The van der Waals surface area contributed by atoms with Crippen LogP contribution in [0.5, 0.6) is 0 Å². The SMILES string of the molecule is COC1(C(F)(F)F)CCN(c2noc(C(C)(C)C)n2)CC1. The number of hydrogen-bond donors (Lipinski definition) is 0. The van der Waals surface area contributed by atoms with E-state index in [1.54, 1.807) is 4.90 Å². The Kier molecular flexibility index (Phi) is 3.94. The largest absolute Gasteiger partial charge is 0.417 e. The Balaban J connectivity index is 2.09. The molecule has 2 heterocycles. The Hall–Kier alpha value is -1.31. The number of rotatable bonds is 2. The summed E-state index contributed by atoms with van der Waals surface area (Å²) >= 11 is 0. The summed E-state index contributed by atoms with van der Waals surface area (Å²) in [5.74, 6) is 0.809. The number of methoxy groups -OCH3 is 1. The van der Waals surface area contributed by atoms with E-state index in [-0.39, 0.29) is 31.3 Å². The highest BCUT2D eigenvalue weighted by molar-refractivity contribution is 5.30. The Morgan fingerprint density at radius 3 is 2.14 bits per heavy atom. The molecule has 0 radical (unpaired) electrons. The standard InChI is InChI=1S/C13H20F3N3O2/c1-11(2,3)9-17-10(18-21-9)19-7-5-12(20-4,6-8-19)13(14,15)16/h5-8H2,1-4H3. The minimum atomic E-state index is -4.37. The Bertz CT molecular complexity index is 486. The number of piperidine rings is 1. The summed E-state index contributed by atoms with van der Waals surface area (Å²) in [7, 11) is 1.11. The van der Waals surface area contributed by atoms with Crippen LogP contribution in [0.4, 0.5) is 19.1 Å².